The smallest absolute Gasteiger partial charge is 0.258 e. The first-order valence-corrected chi connectivity index (χ1v) is 6.63. The van der Waals surface area contributed by atoms with Crippen LogP contribution in [-0.2, 0) is 0 Å². The first-order valence-electron chi connectivity index (χ1n) is 6.63. The minimum atomic E-state index is -0.416. The molecule has 0 aliphatic carbocycles. The van der Waals surface area contributed by atoms with E-state index in [1.54, 1.807) is 30.0 Å². The molecule has 1 unspecified atom stereocenters. The quantitative estimate of drug-likeness (QED) is 0.329. The zero-order valence-electron chi connectivity index (χ0n) is 11.4. The summed E-state index contributed by atoms with van der Waals surface area (Å²) < 4.78 is 0. The molecule has 1 aromatic rings. The predicted octanol–water partition coefficient (Wildman–Crippen LogP) is 1.44. The van der Waals surface area contributed by atoms with Crippen LogP contribution in [0.3, 0.4) is 0 Å². The number of phenolic OH excluding ortho intramolecular Hbond substituents is 1. The maximum atomic E-state index is 12.6. The van der Waals surface area contributed by atoms with E-state index < -0.39 is 6.04 Å². The fraction of sp³-hybridized carbons (Fsp3) is 0.429. The van der Waals surface area contributed by atoms with Crippen LogP contribution >= 0.6 is 0 Å². The van der Waals surface area contributed by atoms with Gasteiger partial charge in [0.25, 0.3) is 5.91 Å². The Kier molecular flexibility index (Phi) is 4.12. The first kappa shape index (κ1) is 14.2. The Morgan fingerprint density at radius 1 is 1.45 bits per heavy atom. The van der Waals surface area contributed by atoms with Gasteiger partial charge in [0.1, 0.15) is 5.75 Å². The third-order valence-corrected chi connectivity index (χ3v) is 3.69. The Morgan fingerprint density at radius 3 is 2.90 bits per heavy atom. The Morgan fingerprint density at radius 2 is 2.20 bits per heavy atom. The molecule has 1 amide bonds. The van der Waals surface area contributed by atoms with Gasteiger partial charge in [0, 0.05) is 6.54 Å². The molecule has 1 heterocycles. The van der Waals surface area contributed by atoms with Gasteiger partial charge >= 0.3 is 0 Å². The number of oxime groups is 1. The van der Waals surface area contributed by atoms with E-state index in [-0.39, 0.29) is 23.1 Å². The monoisotopic (exact) mass is 277 g/mol. The number of likely N-dealkylation sites (tertiary alicyclic amines) is 1. The molecular formula is C14H19N3O3. The lowest BCUT2D eigenvalue weighted by Crippen LogP contribution is -2.50. The van der Waals surface area contributed by atoms with Crippen LogP contribution < -0.4 is 5.73 Å². The second-order valence-electron chi connectivity index (χ2n) is 5.01. The van der Waals surface area contributed by atoms with Crippen molar-refractivity contribution in [1.29, 1.82) is 0 Å². The van der Waals surface area contributed by atoms with Crippen molar-refractivity contribution in [1.82, 2.24) is 4.90 Å². The molecule has 1 aliphatic heterocycles. The lowest BCUT2D eigenvalue weighted by atomic mass is 9.99. The van der Waals surface area contributed by atoms with Crippen LogP contribution in [0.2, 0.25) is 0 Å². The highest BCUT2D eigenvalue weighted by Crippen LogP contribution is 2.26. The van der Waals surface area contributed by atoms with Gasteiger partial charge in [-0.05, 0) is 37.8 Å². The van der Waals surface area contributed by atoms with Gasteiger partial charge in [-0.2, -0.15) is 0 Å². The fourth-order valence-corrected chi connectivity index (χ4v) is 2.54. The largest absolute Gasteiger partial charge is 0.507 e. The molecule has 6 nitrogen and oxygen atoms in total. The number of amidine groups is 1. The van der Waals surface area contributed by atoms with E-state index in [1.165, 1.54) is 0 Å². The summed E-state index contributed by atoms with van der Waals surface area (Å²) in [7, 11) is 0. The molecule has 6 heteroatoms. The van der Waals surface area contributed by atoms with E-state index in [0.717, 1.165) is 12.8 Å². The van der Waals surface area contributed by atoms with Crippen molar-refractivity contribution in [2.24, 2.45) is 10.9 Å². The van der Waals surface area contributed by atoms with E-state index in [2.05, 4.69) is 5.16 Å². The molecule has 0 aromatic heterocycles. The molecule has 0 radical (unpaired) electrons. The van der Waals surface area contributed by atoms with Gasteiger partial charge in [0.05, 0.1) is 11.6 Å². The van der Waals surface area contributed by atoms with E-state index in [1.807, 2.05) is 0 Å². The number of hydrogen-bond donors (Lipinski definition) is 3. The first-order chi connectivity index (χ1) is 9.56. The van der Waals surface area contributed by atoms with E-state index in [9.17, 15) is 9.90 Å². The Bertz CT molecular complexity index is 542. The number of phenols is 1. The van der Waals surface area contributed by atoms with E-state index in [4.69, 9.17) is 10.9 Å². The van der Waals surface area contributed by atoms with Crippen molar-refractivity contribution < 1.29 is 15.1 Å². The van der Waals surface area contributed by atoms with Crippen molar-refractivity contribution in [2.75, 3.05) is 6.54 Å². The molecule has 1 aromatic carbocycles. The summed E-state index contributed by atoms with van der Waals surface area (Å²) in [5.41, 5.74) is 6.56. The van der Waals surface area contributed by atoms with Crippen molar-refractivity contribution >= 4 is 11.7 Å². The van der Waals surface area contributed by atoms with Gasteiger partial charge < -0.3 is 20.9 Å². The van der Waals surface area contributed by atoms with Crippen LogP contribution in [0.4, 0.5) is 0 Å². The lowest BCUT2D eigenvalue weighted by Gasteiger charge is -2.35. The molecule has 2 rings (SSSR count). The number of aromatic hydroxyl groups is 1. The molecule has 1 fully saturated rings. The van der Waals surface area contributed by atoms with Gasteiger partial charge in [-0.3, -0.25) is 4.79 Å². The summed E-state index contributed by atoms with van der Waals surface area (Å²) in [6, 6.07) is 4.64. The fourth-order valence-electron chi connectivity index (χ4n) is 2.54. The predicted molar refractivity (Wildman–Crippen MR) is 74.9 cm³/mol. The molecule has 0 saturated carbocycles. The molecule has 108 valence electrons. The summed E-state index contributed by atoms with van der Waals surface area (Å²) in [6.45, 7) is 2.27. The third-order valence-electron chi connectivity index (χ3n) is 3.69. The maximum Gasteiger partial charge on any atom is 0.258 e. The average molecular weight is 277 g/mol. The Balaban J connectivity index is 2.32. The number of nitrogens with zero attached hydrogens (tertiary/aromatic N) is 2. The summed E-state index contributed by atoms with van der Waals surface area (Å²) in [6.07, 6.45) is 2.45. The average Bonchev–Trinajstić information content (AvgIpc) is 2.48. The van der Waals surface area contributed by atoms with Crippen molar-refractivity contribution in [3.05, 3.63) is 29.3 Å². The number of aryl methyl sites for hydroxylation is 1. The molecule has 4 N–H and O–H groups in total. The summed E-state index contributed by atoms with van der Waals surface area (Å²) in [5.74, 6) is -0.269. The SMILES string of the molecule is Cc1cccc(C(=O)N2CCCCC2C(N)=NO)c1O. The number of carbonyl (C=O) groups is 1. The van der Waals surface area contributed by atoms with Gasteiger partial charge in [0.15, 0.2) is 5.84 Å². The molecule has 0 bridgehead atoms. The van der Waals surface area contributed by atoms with Gasteiger partial charge in [0.2, 0.25) is 0 Å². The molecule has 1 atom stereocenters. The van der Waals surface area contributed by atoms with Crippen LogP contribution in [0, 0.1) is 6.92 Å². The molecular weight excluding hydrogens is 258 g/mol. The number of nitrogens with two attached hydrogens (primary N) is 1. The Labute approximate surface area is 117 Å². The summed E-state index contributed by atoms with van der Waals surface area (Å²) in [5, 5.41) is 21.9. The molecule has 1 aliphatic rings. The van der Waals surface area contributed by atoms with Crippen molar-refractivity contribution in [3.8, 4) is 5.75 Å². The normalized spacial score (nSPS) is 19.9. The zero-order valence-corrected chi connectivity index (χ0v) is 11.4. The zero-order chi connectivity index (χ0) is 14.7. The summed E-state index contributed by atoms with van der Waals surface area (Å²) in [4.78, 5) is 14.1. The summed E-state index contributed by atoms with van der Waals surface area (Å²) >= 11 is 0. The maximum absolute atomic E-state index is 12.6. The van der Waals surface area contributed by atoms with Gasteiger partial charge in [-0.1, -0.05) is 17.3 Å². The van der Waals surface area contributed by atoms with Crippen molar-refractivity contribution in [2.45, 2.75) is 32.2 Å². The van der Waals surface area contributed by atoms with Crippen LogP contribution in [0.1, 0.15) is 35.2 Å². The van der Waals surface area contributed by atoms with E-state index in [0.29, 0.717) is 18.5 Å². The standard InChI is InChI=1S/C14H19N3O3/c1-9-5-4-6-10(12(9)18)14(19)17-8-3-2-7-11(17)13(15)16-20/h4-6,11,18,20H,2-3,7-8H2,1H3,(H2,15,16). The minimum Gasteiger partial charge on any atom is -0.507 e. The highest BCUT2D eigenvalue weighted by atomic mass is 16.4. The van der Waals surface area contributed by atoms with E-state index >= 15 is 0 Å². The van der Waals surface area contributed by atoms with Gasteiger partial charge in [-0.15, -0.1) is 0 Å². The minimum absolute atomic E-state index is 0.0127. The number of rotatable bonds is 2. The topological polar surface area (TPSA) is 99.2 Å². The van der Waals surface area contributed by atoms with Crippen LogP contribution in [0.5, 0.6) is 5.75 Å². The highest BCUT2D eigenvalue weighted by Gasteiger charge is 2.31. The van der Waals surface area contributed by atoms with Crippen LogP contribution in [0.25, 0.3) is 0 Å². The Hall–Kier alpha value is -2.24. The van der Waals surface area contributed by atoms with Gasteiger partial charge in [-0.25, -0.2) is 0 Å². The number of benzene rings is 1. The number of hydrogen-bond acceptors (Lipinski definition) is 4. The molecule has 1 saturated heterocycles. The molecule has 20 heavy (non-hydrogen) atoms. The second-order valence-corrected chi connectivity index (χ2v) is 5.01. The van der Waals surface area contributed by atoms with Crippen LogP contribution in [-0.4, -0.2) is 39.5 Å². The third kappa shape index (κ3) is 2.54. The van der Waals surface area contributed by atoms with Crippen LogP contribution in [0.15, 0.2) is 23.4 Å². The lowest BCUT2D eigenvalue weighted by molar-refractivity contribution is 0.0673. The second kappa shape index (κ2) is 5.81. The number of piperidine rings is 1. The highest BCUT2D eigenvalue weighted by molar-refractivity contribution is 6.00. The van der Waals surface area contributed by atoms with Crippen molar-refractivity contribution in [3.63, 3.8) is 0 Å². The number of para-hydroxylation sites is 1. The molecule has 0 spiro atoms. The number of amides is 1. The number of carbonyl (C=O) groups excluding carboxylic acids is 1.